The lowest BCUT2D eigenvalue weighted by atomic mass is 10.0. The molecule has 0 amide bonds. The van der Waals surface area contributed by atoms with E-state index in [1.54, 1.807) is 7.11 Å². The third kappa shape index (κ3) is 1.74. The molecule has 0 unspecified atom stereocenters. The van der Waals surface area contributed by atoms with Gasteiger partial charge in [0.2, 0.25) is 0 Å². The second-order valence-electron chi connectivity index (χ2n) is 3.72. The van der Waals surface area contributed by atoms with E-state index in [4.69, 9.17) is 4.74 Å². The van der Waals surface area contributed by atoms with Crippen LogP contribution in [0.15, 0.2) is 28.7 Å². The topological polar surface area (TPSA) is 9.23 Å². The average molecular weight is 265 g/mol. The van der Waals surface area contributed by atoms with Gasteiger partial charge in [0.05, 0.1) is 7.11 Å². The predicted octanol–water partition coefficient (Wildman–Crippen LogP) is 4.23. The molecule has 0 bridgehead atoms. The zero-order chi connectivity index (χ0) is 11.0. The number of hydrogen-bond acceptors (Lipinski definition) is 1. The monoisotopic (exact) mass is 264 g/mol. The van der Waals surface area contributed by atoms with Crippen LogP contribution in [0.2, 0.25) is 0 Å². The molecule has 2 aromatic rings. The van der Waals surface area contributed by atoms with Crippen LogP contribution in [-0.2, 0) is 0 Å². The van der Waals surface area contributed by atoms with E-state index >= 15 is 0 Å². The summed E-state index contributed by atoms with van der Waals surface area (Å²) in [5.41, 5.74) is 2.48. The minimum atomic E-state index is 0.978. The summed E-state index contributed by atoms with van der Waals surface area (Å²) in [6.45, 7) is 4.20. The molecular weight excluding hydrogens is 252 g/mol. The Morgan fingerprint density at radius 3 is 2.53 bits per heavy atom. The first-order valence-electron chi connectivity index (χ1n) is 4.87. The maximum atomic E-state index is 5.47. The Kier molecular flexibility index (Phi) is 2.70. The zero-order valence-electron chi connectivity index (χ0n) is 9.10. The highest BCUT2D eigenvalue weighted by Gasteiger charge is 2.08. The van der Waals surface area contributed by atoms with Gasteiger partial charge in [-0.25, -0.2) is 0 Å². The predicted molar refractivity (Wildman–Crippen MR) is 67.7 cm³/mol. The minimum absolute atomic E-state index is 0.978. The molecule has 0 atom stereocenters. The summed E-state index contributed by atoms with van der Waals surface area (Å²) < 4.78 is 6.55. The summed E-state index contributed by atoms with van der Waals surface area (Å²) >= 11 is 3.48. The maximum Gasteiger partial charge on any atom is 0.129 e. The largest absolute Gasteiger partial charge is 0.496 e. The van der Waals surface area contributed by atoms with Gasteiger partial charge in [0.25, 0.3) is 0 Å². The number of fused-ring (bicyclic) bond motifs is 1. The van der Waals surface area contributed by atoms with Crippen molar-refractivity contribution in [2.24, 2.45) is 0 Å². The molecule has 0 N–H and O–H groups in total. The van der Waals surface area contributed by atoms with Gasteiger partial charge in [-0.2, -0.15) is 0 Å². The van der Waals surface area contributed by atoms with Gasteiger partial charge in [0.1, 0.15) is 5.75 Å². The van der Waals surface area contributed by atoms with Crippen molar-refractivity contribution in [3.63, 3.8) is 0 Å². The minimum Gasteiger partial charge on any atom is -0.496 e. The van der Waals surface area contributed by atoms with E-state index in [1.165, 1.54) is 16.5 Å². The number of aryl methyl sites for hydroxylation is 1. The van der Waals surface area contributed by atoms with Gasteiger partial charge in [-0.15, -0.1) is 0 Å². The van der Waals surface area contributed by atoms with Crippen LogP contribution in [-0.4, -0.2) is 7.11 Å². The number of halogens is 1. The molecule has 0 aromatic heterocycles. The van der Waals surface area contributed by atoms with Crippen LogP contribution in [0.4, 0.5) is 0 Å². The number of benzene rings is 2. The number of rotatable bonds is 1. The van der Waals surface area contributed by atoms with E-state index in [1.807, 2.05) is 0 Å². The highest BCUT2D eigenvalue weighted by molar-refractivity contribution is 9.10. The zero-order valence-corrected chi connectivity index (χ0v) is 10.7. The molecule has 15 heavy (non-hydrogen) atoms. The number of hydrogen-bond donors (Lipinski definition) is 0. The van der Waals surface area contributed by atoms with E-state index in [9.17, 15) is 0 Å². The van der Waals surface area contributed by atoms with Gasteiger partial charge in [0, 0.05) is 9.86 Å². The molecular formula is C13H13BrO. The van der Waals surface area contributed by atoms with Crippen LogP contribution in [0.25, 0.3) is 10.8 Å². The Bertz CT molecular complexity index is 517. The molecule has 0 heterocycles. The molecule has 2 aromatic carbocycles. The normalized spacial score (nSPS) is 10.7. The first-order chi connectivity index (χ1) is 7.13. The third-order valence-corrected chi connectivity index (χ3v) is 3.26. The molecule has 1 nitrogen and oxygen atoms in total. The number of ether oxygens (including phenoxy) is 1. The van der Waals surface area contributed by atoms with E-state index in [2.05, 4.69) is 54.0 Å². The molecule has 0 aliphatic heterocycles. The van der Waals surface area contributed by atoms with E-state index in [0.29, 0.717) is 0 Å². The molecule has 0 saturated heterocycles. The summed E-state index contributed by atoms with van der Waals surface area (Å²) in [6, 6.07) is 8.45. The third-order valence-electron chi connectivity index (χ3n) is 2.77. The van der Waals surface area contributed by atoms with Gasteiger partial charge in [-0.3, -0.25) is 0 Å². The van der Waals surface area contributed by atoms with Crippen LogP contribution < -0.4 is 4.74 Å². The van der Waals surface area contributed by atoms with E-state index < -0.39 is 0 Å². The summed E-state index contributed by atoms with van der Waals surface area (Å²) in [6.07, 6.45) is 0. The van der Waals surface area contributed by atoms with Crippen molar-refractivity contribution in [1.29, 1.82) is 0 Å². The van der Waals surface area contributed by atoms with Crippen LogP contribution in [0.5, 0.6) is 5.75 Å². The highest BCUT2D eigenvalue weighted by atomic mass is 79.9. The van der Waals surface area contributed by atoms with Crippen molar-refractivity contribution in [2.45, 2.75) is 13.8 Å². The Labute approximate surface area is 98.2 Å². The van der Waals surface area contributed by atoms with E-state index in [-0.39, 0.29) is 0 Å². The Morgan fingerprint density at radius 2 is 1.87 bits per heavy atom. The van der Waals surface area contributed by atoms with E-state index in [0.717, 1.165) is 15.6 Å². The van der Waals surface area contributed by atoms with Gasteiger partial charge >= 0.3 is 0 Å². The fourth-order valence-corrected chi connectivity index (χ4v) is 2.20. The standard InChI is InChI=1S/C13H13BrO/c1-8-6-10-4-5-11(14)7-12(10)13(15-3)9(8)2/h4-7H,1-3H3. The highest BCUT2D eigenvalue weighted by Crippen LogP contribution is 2.33. The van der Waals surface area contributed by atoms with Crippen molar-refractivity contribution in [2.75, 3.05) is 7.11 Å². The quantitative estimate of drug-likeness (QED) is 0.749. The number of methoxy groups -OCH3 is 1. The summed E-state index contributed by atoms with van der Waals surface area (Å²) in [7, 11) is 1.72. The first kappa shape index (κ1) is 10.5. The van der Waals surface area contributed by atoms with Crippen molar-refractivity contribution >= 4 is 26.7 Å². The van der Waals surface area contributed by atoms with Gasteiger partial charge < -0.3 is 4.74 Å². The fourth-order valence-electron chi connectivity index (χ4n) is 1.84. The van der Waals surface area contributed by atoms with Crippen molar-refractivity contribution in [3.05, 3.63) is 39.9 Å². The SMILES string of the molecule is COc1c(C)c(C)cc2ccc(Br)cc12. The lowest BCUT2D eigenvalue weighted by Gasteiger charge is -2.12. The molecule has 2 rings (SSSR count). The maximum absolute atomic E-state index is 5.47. The Morgan fingerprint density at radius 1 is 1.13 bits per heavy atom. The van der Waals surface area contributed by atoms with Crippen molar-refractivity contribution in [1.82, 2.24) is 0 Å². The summed E-state index contributed by atoms with van der Waals surface area (Å²) in [4.78, 5) is 0. The van der Waals surface area contributed by atoms with Crippen molar-refractivity contribution in [3.8, 4) is 5.75 Å². The fraction of sp³-hybridized carbons (Fsp3) is 0.231. The molecule has 78 valence electrons. The Balaban J connectivity index is 2.89. The van der Waals surface area contributed by atoms with Crippen LogP contribution in [0.3, 0.4) is 0 Å². The van der Waals surface area contributed by atoms with Gasteiger partial charge in [0.15, 0.2) is 0 Å². The summed E-state index contributed by atoms with van der Waals surface area (Å²) in [5.74, 6) is 0.978. The molecule has 0 fully saturated rings. The molecule has 0 spiro atoms. The summed E-state index contributed by atoms with van der Waals surface area (Å²) in [5, 5.41) is 2.38. The lowest BCUT2D eigenvalue weighted by Crippen LogP contribution is -1.92. The molecule has 0 aliphatic carbocycles. The average Bonchev–Trinajstić information content (AvgIpc) is 2.21. The molecule has 0 radical (unpaired) electrons. The second-order valence-corrected chi connectivity index (χ2v) is 4.63. The Hall–Kier alpha value is -1.02. The van der Waals surface area contributed by atoms with Gasteiger partial charge in [-0.1, -0.05) is 28.1 Å². The van der Waals surface area contributed by atoms with Crippen LogP contribution >= 0.6 is 15.9 Å². The molecule has 0 saturated carbocycles. The van der Waals surface area contributed by atoms with Crippen LogP contribution in [0.1, 0.15) is 11.1 Å². The molecule has 2 heteroatoms. The smallest absolute Gasteiger partial charge is 0.129 e. The second kappa shape index (κ2) is 3.86. The first-order valence-corrected chi connectivity index (χ1v) is 5.66. The lowest BCUT2D eigenvalue weighted by molar-refractivity contribution is 0.416. The van der Waals surface area contributed by atoms with Gasteiger partial charge in [-0.05, 0) is 42.5 Å². The van der Waals surface area contributed by atoms with Crippen LogP contribution in [0, 0.1) is 13.8 Å². The molecule has 0 aliphatic rings. The van der Waals surface area contributed by atoms with Crippen molar-refractivity contribution < 1.29 is 4.74 Å².